The summed E-state index contributed by atoms with van der Waals surface area (Å²) in [5.74, 6) is 0. The summed E-state index contributed by atoms with van der Waals surface area (Å²) in [5, 5.41) is 6.98. The van der Waals surface area contributed by atoms with E-state index in [0.717, 1.165) is 32.6 Å². The van der Waals surface area contributed by atoms with Crippen LogP contribution < -0.4 is 5.32 Å². The second kappa shape index (κ2) is 6.79. The van der Waals surface area contributed by atoms with Crippen LogP contribution in [0.5, 0.6) is 0 Å². The zero-order valence-corrected chi connectivity index (χ0v) is 13.3. The average molecular weight is 282 g/mol. The van der Waals surface area contributed by atoms with Crippen LogP contribution in [0.25, 0.3) is 0 Å². The molecule has 2 unspecified atom stereocenters. The standard InChI is InChI=1S/C14H26N4S/c1-5-6-15-11(2)12-10-19-14(16-12)13-9-17(3)7-8-18(13)4/h10-11,13,15H,5-9H2,1-4H3. The number of thiazole rings is 1. The predicted molar refractivity (Wildman–Crippen MR) is 81.7 cm³/mol. The number of piperazine rings is 1. The van der Waals surface area contributed by atoms with E-state index in [9.17, 15) is 0 Å². The van der Waals surface area contributed by atoms with Crippen molar-refractivity contribution in [3.8, 4) is 0 Å². The van der Waals surface area contributed by atoms with Gasteiger partial charge >= 0.3 is 0 Å². The molecule has 0 aromatic carbocycles. The molecule has 1 aromatic heterocycles. The minimum Gasteiger partial charge on any atom is -0.309 e. The largest absolute Gasteiger partial charge is 0.309 e. The predicted octanol–water partition coefficient (Wildman–Crippen LogP) is 2.12. The first-order chi connectivity index (χ1) is 9.11. The minimum atomic E-state index is 0.358. The van der Waals surface area contributed by atoms with Crippen molar-refractivity contribution >= 4 is 11.3 Å². The lowest BCUT2D eigenvalue weighted by molar-refractivity contribution is 0.115. The molecule has 0 bridgehead atoms. The molecule has 1 aliphatic heterocycles. The molecule has 5 heteroatoms. The molecule has 19 heavy (non-hydrogen) atoms. The average Bonchev–Trinajstić information content (AvgIpc) is 2.88. The SMILES string of the molecule is CCCNC(C)c1csc(C2CN(C)CCN2C)n1. The van der Waals surface area contributed by atoms with E-state index in [0.29, 0.717) is 12.1 Å². The minimum absolute atomic E-state index is 0.358. The molecule has 0 aliphatic carbocycles. The van der Waals surface area contributed by atoms with Gasteiger partial charge in [-0.2, -0.15) is 0 Å². The number of hydrogen-bond donors (Lipinski definition) is 1. The second-order valence-corrected chi connectivity index (χ2v) is 6.43. The third-order valence-electron chi connectivity index (χ3n) is 3.82. The zero-order valence-electron chi connectivity index (χ0n) is 12.5. The number of aromatic nitrogens is 1. The molecule has 0 radical (unpaired) electrons. The Morgan fingerprint density at radius 1 is 1.47 bits per heavy atom. The Labute approximate surface area is 120 Å². The van der Waals surface area contributed by atoms with Crippen LogP contribution in [0.3, 0.4) is 0 Å². The molecule has 1 fully saturated rings. The Morgan fingerprint density at radius 3 is 3.00 bits per heavy atom. The van der Waals surface area contributed by atoms with Crippen LogP contribution in [0.2, 0.25) is 0 Å². The molecule has 0 amide bonds. The summed E-state index contributed by atoms with van der Waals surface area (Å²) < 4.78 is 0. The van der Waals surface area contributed by atoms with E-state index in [4.69, 9.17) is 4.98 Å². The van der Waals surface area contributed by atoms with Crippen molar-refractivity contribution < 1.29 is 0 Å². The third kappa shape index (κ3) is 3.75. The molecule has 2 heterocycles. The summed E-state index contributed by atoms with van der Waals surface area (Å²) >= 11 is 1.80. The molecule has 108 valence electrons. The summed E-state index contributed by atoms with van der Waals surface area (Å²) in [6, 6.07) is 0.812. The highest BCUT2D eigenvalue weighted by atomic mass is 32.1. The van der Waals surface area contributed by atoms with Gasteiger partial charge in [0.1, 0.15) is 5.01 Å². The molecular formula is C14H26N4S. The van der Waals surface area contributed by atoms with Crippen LogP contribution in [0, 0.1) is 0 Å². The van der Waals surface area contributed by atoms with E-state index >= 15 is 0 Å². The van der Waals surface area contributed by atoms with Gasteiger partial charge < -0.3 is 10.2 Å². The summed E-state index contributed by atoms with van der Waals surface area (Å²) in [5.41, 5.74) is 1.19. The lowest BCUT2D eigenvalue weighted by atomic mass is 10.2. The smallest absolute Gasteiger partial charge is 0.111 e. The van der Waals surface area contributed by atoms with Gasteiger partial charge in [0.25, 0.3) is 0 Å². The molecule has 0 saturated carbocycles. The lowest BCUT2D eigenvalue weighted by Crippen LogP contribution is -2.44. The fourth-order valence-electron chi connectivity index (χ4n) is 2.39. The molecule has 2 atom stereocenters. The summed E-state index contributed by atoms with van der Waals surface area (Å²) in [6.07, 6.45) is 1.16. The fraction of sp³-hybridized carbons (Fsp3) is 0.786. The second-order valence-electron chi connectivity index (χ2n) is 5.55. The first-order valence-electron chi connectivity index (χ1n) is 7.19. The van der Waals surface area contributed by atoms with Gasteiger partial charge in [0, 0.05) is 31.1 Å². The van der Waals surface area contributed by atoms with Gasteiger partial charge in [-0.1, -0.05) is 6.92 Å². The quantitative estimate of drug-likeness (QED) is 0.896. The van der Waals surface area contributed by atoms with Crippen LogP contribution in [-0.2, 0) is 0 Å². The Balaban J connectivity index is 2.03. The maximum absolute atomic E-state index is 4.86. The molecule has 1 saturated heterocycles. The fourth-order valence-corrected chi connectivity index (χ4v) is 3.46. The third-order valence-corrected chi connectivity index (χ3v) is 4.78. The van der Waals surface area contributed by atoms with Crippen LogP contribution in [0.15, 0.2) is 5.38 Å². The zero-order chi connectivity index (χ0) is 13.8. The van der Waals surface area contributed by atoms with Gasteiger partial charge in [-0.05, 0) is 34.0 Å². The van der Waals surface area contributed by atoms with Gasteiger partial charge in [0.15, 0.2) is 0 Å². The Morgan fingerprint density at radius 2 is 2.26 bits per heavy atom. The van der Waals surface area contributed by atoms with E-state index in [1.807, 2.05) is 0 Å². The van der Waals surface area contributed by atoms with Crippen LogP contribution >= 0.6 is 11.3 Å². The molecule has 0 spiro atoms. The number of likely N-dealkylation sites (N-methyl/N-ethyl adjacent to an activating group) is 2. The van der Waals surface area contributed by atoms with Crippen molar-refractivity contribution in [2.24, 2.45) is 0 Å². The summed E-state index contributed by atoms with van der Waals surface area (Å²) in [7, 11) is 4.40. The first-order valence-corrected chi connectivity index (χ1v) is 8.07. The van der Waals surface area contributed by atoms with Crippen molar-refractivity contribution in [1.82, 2.24) is 20.1 Å². The number of hydrogen-bond acceptors (Lipinski definition) is 5. The van der Waals surface area contributed by atoms with E-state index < -0.39 is 0 Å². The Bertz CT molecular complexity index is 393. The monoisotopic (exact) mass is 282 g/mol. The Kier molecular flexibility index (Phi) is 5.33. The highest BCUT2D eigenvalue weighted by Crippen LogP contribution is 2.27. The summed E-state index contributed by atoms with van der Waals surface area (Å²) in [4.78, 5) is 9.68. The number of rotatable bonds is 5. The molecule has 1 aliphatic rings. The number of nitrogens with zero attached hydrogens (tertiary/aromatic N) is 3. The molecular weight excluding hydrogens is 256 g/mol. The molecule has 1 aromatic rings. The van der Waals surface area contributed by atoms with Gasteiger partial charge in [-0.25, -0.2) is 4.98 Å². The van der Waals surface area contributed by atoms with E-state index in [2.05, 4.69) is 48.4 Å². The highest BCUT2D eigenvalue weighted by molar-refractivity contribution is 7.09. The Hall–Kier alpha value is -0.490. The van der Waals surface area contributed by atoms with Gasteiger partial charge in [0.2, 0.25) is 0 Å². The van der Waals surface area contributed by atoms with Crippen molar-refractivity contribution in [3.63, 3.8) is 0 Å². The van der Waals surface area contributed by atoms with Crippen molar-refractivity contribution in [2.45, 2.75) is 32.4 Å². The highest BCUT2D eigenvalue weighted by Gasteiger charge is 2.26. The van der Waals surface area contributed by atoms with E-state index in [-0.39, 0.29) is 0 Å². The van der Waals surface area contributed by atoms with Gasteiger partial charge in [-0.15, -0.1) is 11.3 Å². The molecule has 2 rings (SSSR count). The van der Waals surface area contributed by atoms with Crippen molar-refractivity contribution in [1.29, 1.82) is 0 Å². The van der Waals surface area contributed by atoms with Crippen LogP contribution in [0.1, 0.15) is 43.1 Å². The lowest BCUT2D eigenvalue weighted by Gasteiger charge is -2.36. The maximum atomic E-state index is 4.86. The number of nitrogens with one attached hydrogen (secondary N) is 1. The van der Waals surface area contributed by atoms with Gasteiger partial charge in [-0.3, -0.25) is 4.90 Å². The van der Waals surface area contributed by atoms with Crippen LogP contribution in [0.4, 0.5) is 0 Å². The normalized spacial score (nSPS) is 23.7. The van der Waals surface area contributed by atoms with E-state index in [1.165, 1.54) is 10.7 Å². The maximum Gasteiger partial charge on any atom is 0.111 e. The van der Waals surface area contributed by atoms with Gasteiger partial charge in [0.05, 0.1) is 11.7 Å². The van der Waals surface area contributed by atoms with Crippen LogP contribution in [-0.4, -0.2) is 55.1 Å². The van der Waals surface area contributed by atoms with Crippen molar-refractivity contribution in [3.05, 3.63) is 16.1 Å². The molecule has 4 nitrogen and oxygen atoms in total. The molecule has 1 N–H and O–H groups in total. The first kappa shape index (κ1) is 14.9. The van der Waals surface area contributed by atoms with Crippen molar-refractivity contribution in [2.75, 3.05) is 40.3 Å². The van der Waals surface area contributed by atoms with E-state index in [1.54, 1.807) is 11.3 Å². The topological polar surface area (TPSA) is 31.4 Å². The summed E-state index contributed by atoms with van der Waals surface area (Å²) in [6.45, 7) is 8.81.